The molecule has 0 aliphatic carbocycles. The van der Waals surface area contributed by atoms with Crippen LogP contribution in [0.3, 0.4) is 0 Å². The third-order valence-corrected chi connectivity index (χ3v) is 3.73. The van der Waals surface area contributed by atoms with E-state index in [1.54, 1.807) is 13.8 Å². The zero-order valence-electron chi connectivity index (χ0n) is 13.5. The average molecular weight is 371 g/mol. The Bertz CT molecular complexity index is 753. The fraction of sp³-hybridized carbons (Fsp3) is 0.333. The van der Waals surface area contributed by atoms with Crippen molar-refractivity contribution in [2.75, 3.05) is 6.54 Å². The third kappa shape index (κ3) is 4.24. The summed E-state index contributed by atoms with van der Waals surface area (Å²) in [7, 11) is 0. The number of imide groups is 1. The van der Waals surface area contributed by atoms with E-state index in [4.69, 9.17) is 11.6 Å². The van der Waals surface area contributed by atoms with E-state index in [2.05, 4.69) is 10.7 Å². The lowest BCUT2D eigenvalue weighted by atomic mass is 10.1. The third-order valence-electron chi connectivity index (χ3n) is 3.50. The first kappa shape index (κ1) is 18.7. The molecular weight excluding hydrogens is 355 g/mol. The van der Waals surface area contributed by atoms with Gasteiger partial charge in [0.1, 0.15) is 11.4 Å². The molecule has 1 fully saturated rings. The number of hydrogen-bond acceptors (Lipinski definition) is 4. The molecule has 25 heavy (non-hydrogen) atoms. The Morgan fingerprint density at radius 3 is 2.52 bits per heavy atom. The normalized spacial score (nSPS) is 15.8. The molecule has 1 aliphatic rings. The van der Waals surface area contributed by atoms with E-state index in [1.807, 2.05) is 5.43 Å². The molecule has 8 nitrogen and oxygen atoms in total. The predicted octanol–water partition coefficient (Wildman–Crippen LogP) is 0.961. The summed E-state index contributed by atoms with van der Waals surface area (Å²) < 4.78 is 13.6. The van der Waals surface area contributed by atoms with Gasteiger partial charge < -0.3 is 5.32 Å². The number of urea groups is 1. The maximum Gasteiger partial charge on any atom is 0.325 e. The van der Waals surface area contributed by atoms with Gasteiger partial charge in [-0.2, -0.15) is 0 Å². The molecule has 3 N–H and O–H groups in total. The summed E-state index contributed by atoms with van der Waals surface area (Å²) in [6.45, 7) is 2.95. The Hall–Kier alpha value is -2.68. The van der Waals surface area contributed by atoms with Crippen molar-refractivity contribution in [3.8, 4) is 0 Å². The highest BCUT2D eigenvalue weighted by Crippen LogP contribution is 2.16. The number of carbonyl (C=O) groups is 4. The van der Waals surface area contributed by atoms with Gasteiger partial charge in [0.15, 0.2) is 0 Å². The second kappa shape index (κ2) is 7.06. The SMILES string of the molecule is CC1(C)NC(=O)N(CCC(=O)NNC(=O)c2ccc(Cl)cc2F)C1=O. The van der Waals surface area contributed by atoms with Crippen LogP contribution >= 0.6 is 11.6 Å². The van der Waals surface area contributed by atoms with Crippen molar-refractivity contribution in [1.29, 1.82) is 0 Å². The van der Waals surface area contributed by atoms with Gasteiger partial charge in [0.25, 0.3) is 11.8 Å². The van der Waals surface area contributed by atoms with Crippen LogP contribution in [0.4, 0.5) is 9.18 Å². The molecule has 0 atom stereocenters. The quantitative estimate of drug-likeness (QED) is 0.542. The standard InChI is InChI=1S/C15H16ClFN4O4/c1-15(2)13(24)21(14(25)18-15)6-5-11(22)19-20-12(23)9-4-3-8(16)7-10(9)17/h3-4,7H,5-6H2,1-2H3,(H,18,25)(H,19,22)(H,20,23). The van der Waals surface area contributed by atoms with Crippen molar-refractivity contribution >= 4 is 35.4 Å². The Balaban J connectivity index is 1.84. The van der Waals surface area contributed by atoms with Crippen LogP contribution in [0.25, 0.3) is 0 Å². The van der Waals surface area contributed by atoms with Gasteiger partial charge in [-0.25, -0.2) is 9.18 Å². The fourth-order valence-electron chi connectivity index (χ4n) is 2.16. The van der Waals surface area contributed by atoms with E-state index in [0.29, 0.717) is 0 Å². The zero-order chi connectivity index (χ0) is 18.8. The molecule has 1 aromatic rings. The molecule has 0 saturated carbocycles. The van der Waals surface area contributed by atoms with E-state index in [0.717, 1.165) is 11.0 Å². The lowest BCUT2D eigenvalue weighted by molar-refractivity contribution is -0.130. The Labute approximate surface area is 147 Å². The van der Waals surface area contributed by atoms with Crippen molar-refractivity contribution in [1.82, 2.24) is 21.1 Å². The molecule has 1 aliphatic heterocycles. The largest absolute Gasteiger partial charge is 0.325 e. The lowest BCUT2D eigenvalue weighted by Crippen LogP contribution is -2.44. The van der Waals surface area contributed by atoms with Crippen LogP contribution in [0.1, 0.15) is 30.6 Å². The number of carbonyl (C=O) groups excluding carboxylic acids is 4. The van der Waals surface area contributed by atoms with Crippen LogP contribution in [0.15, 0.2) is 18.2 Å². The highest BCUT2D eigenvalue weighted by Gasteiger charge is 2.43. The van der Waals surface area contributed by atoms with Crippen molar-refractivity contribution in [3.05, 3.63) is 34.6 Å². The molecule has 1 heterocycles. The summed E-state index contributed by atoms with van der Waals surface area (Å²) in [6.07, 6.45) is -0.224. The minimum atomic E-state index is -1.02. The summed E-state index contributed by atoms with van der Waals surface area (Å²) in [5.41, 5.74) is 2.83. The number of nitrogens with one attached hydrogen (secondary N) is 3. The van der Waals surface area contributed by atoms with Crippen LogP contribution < -0.4 is 16.2 Å². The van der Waals surface area contributed by atoms with E-state index in [-0.39, 0.29) is 23.6 Å². The number of rotatable bonds is 4. The molecule has 1 aromatic carbocycles. The van der Waals surface area contributed by atoms with Gasteiger partial charge in [0, 0.05) is 18.0 Å². The first-order chi connectivity index (χ1) is 11.6. The van der Waals surface area contributed by atoms with Gasteiger partial charge in [0.2, 0.25) is 5.91 Å². The molecule has 1 saturated heterocycles. The number of benzene rings is 1. The molecule has 0 bridgehead atoms. The molecule has 0 aromatic heterocycles. The van der Waals surface area contributed by atoms with Crippen molar-refractivity contribution in [3.63, 3.8) is 0 Å². The summed E-state index contributed by atoms with van der Waals surface area (Å²) in [6, 6.07) is 2.89. The molecule has 0 spiro atoms. The van der Waals surface area contributed by atoms with E-state index in [1.165, 1.54) is 12.1 Å². The maximum atomic E-state index is 13.6. The van der Waals surface area contributed by atoms with E-state index in [9.17, 15) is 23.6 Å². The minimum Gasteiger partial charge on any atom is -0.324 e. The monoisotopic (exact) mass is 370 g/mol. The van der Waals surface area contributed by atoms with Gasteiger partial charge in [-0.15, -0.1) is 0 Å². The first-order valence-corrected chi connectivity index (χ1v) is 7.68. The Morgan fingerprint density at radius 1 is 1.28 bits per heavy atom. The Morgan fingerprint density at radius 2 is 1.96 bits per heavy atom. The van der Waals surface area contributed by atoms with E-state index >= 15 is 0 Å². The van der Waals surface area contributed by atoms with Crippen LogP contribution in [0.2, 0.25) is 5.02 Å². The van der Waals surface area contributed by atoms with Gasteiger partial charge in [-0.1, -0.05) is 11.6 Å². The molecular formula is C15H16ClFN4O4. The Kier molecular flexibility index (Phi) is 5.27. The molecule has 5 amide bonds. The van der Waals surface area contributed by atoms with Crippen molar-refractivity contribution in [2.24, 2.45) is 0 Å². The highest BCUT2D eigenvalue weighted by atomic mass is 35.5. The number of hydrogen-bond donors (Lipinski definition) is 3. The van der Waals surface area contributed by atoms with E-state index < -0.39 is 35.1 Å². The van der Waals surface area contributed by atoms with Crippen molar-refractivity contribution < 1.29 is 23.6 Å². The van der Waals surface area contributed by atoms with Gasteiger partial charge >= 0.3 is 6.03 Å². The van der Waals surface area contributed by atoms with Crippen molar-refractivity contribution in [2.45, 2.75) is 25.8 Å². The highest BCUT2D eigenvalue weighted by molar-refractivity contribution is 6.30. The van der Waals surface area contributed by atoms with Gasteiger partial charge in [-0.3, -0.25) is 30.1 Å². The van der Waals surface area contributed by atoms with Gasteiger partial charge in [0.05, 0.1) is 5.56 Å². The summed E-state index contributed by atoms with van der Waals surface area (Å²) in [5.74, 6) is -2.79. The molecule has 134 valence electrons. The second-order valence-electron chi connectivity index (χ2n) is 5.89. The molecule has 2 rings (SSSR count). The van der Waals surface area contributed by atoms with Crippen LogP contribution in [0.5, 0.6) is 0 Å². The summed E-state index contributed by atoms with van der Waals surface area (Å²) in [5, 5.41) is 2.62. The lowest BCUT2D eigenvalue weighted by Gasteiger charge is -2.15. The summed E-state index contributed by atoms with van der Waals surface area (Å²) >= 11 is 5.59. The predicted molar refractivity (Wildman–Crippen MR) is 86.0 cm³/mol. The first-order valence-electron chi connectivity index (χ1n) is 7.30. The second-order valence-corrected chi connectivity index (χ2v) is 6.32. The fourth-order valence-corrected chi connectivity index (χ4v) is 2.32. The number of halogens is 2. The zero-order valence-corrected chi connectivity index (χ0v) is 14.2. The summed E-state index contributed by atoms with van der Waals surface area (Å²) in [4.78, 5) is 48.1. The molecule has 0 radical (unpaired) electrons. The average Bonchev–Trinajstić information content (AvgIpc) is 2.71. The van der Waals surface area contributed by atoms with Crippen LogP contribution in [0, 0.1) is 5.82 Å². The van der Waals surface area contributed by atoms with Crippen LogP contribution in [-0.2, 0) is 9.59 Å². The smallest absolute Gasteiger partial charge is 0.324 e. The number of amides is 5. The molecule has 0 unspecified atom stereocenters. The number of nitrogens with zero attached hydrogens (tertiary/aromatic N) is 1. The minimum absolute atomic E-state index is 0.134. The maximum absolute atomic E-state index is 13.6. The topological polar surface area (TPSA) is 108 Å². The van der Waals surface area contributed by atoms with Crippen LogP contribution in [-0.4, -0.2) is 40.7 Å². The number of hydrazine groups is 1. The van der Waals surface area contributed by atoms with Gasteiger partial charge in [-0.05, 0) is 32.0 Å². The molecule has 10 heteroatoms.